The fourth-order valence-corrected chi connectivity index (χ4v) is 3.58. The first-order chi connectivity index (χ1) is 8.15. The number of carboxylic acid groups (broad SMARTS) is 1. The van der Waals surface area contributed by atoms with Crippen molar-refractivity contribution in [3.8, 4) is 0 Å². The van der Waals surface area contributed by atoms with Crippen LogP contribution in [0.4, 0.5) is 0 Å². The number of carboxylic acids is 1. The smallest absolute Gasteiger partial charge is 0.345 e. The number of rotatable bonds is 5. The highest BCUT2D eigenvalue weighted by atomic mass is 79.9. The van der Waals surface area contributed by atoms with E-state index in [-0.39, 0.29) is 0 Å². The van der Waals surface area contributed by atoms with E-state index in [9.17, 15) is 4.79 Å². The van der Waals surface area contributed by atoms with Gasteiger partial charge in [0.25, 0.3) is 0 Å². The van der Waals surface area contributed by atoms with E-state index in [4.69, 9.17) is 5.11 Å². The second-order valence-corrected chi connectivity index (χ2v) is 6.49. The summed E-state index contributed by atoms with van der Waals surface area (Å²) in [6, 6.07) is 5.58. The third-order valence-corrected chi connectivity index (χ3v) is 4.86. The molecule has 0 bridgehead atoms. The van der Waals surface area contributed by atoms with Gasteiger partial charge in [0, 0.05) is 32.7 Å². The molecule has 17 heavy (non-hydrogen) atoms. The maximum absolute atomic E-state index is 10.7. The van der Waals surface area contributed by atoms with E-state index in [2.05, 4.69) is 27.3 Å². The second kappa shape index (κ2) is 5.77. The maximum Gasteiger partial charge on any atom is 0.345 e. The predicted octanol–water partition coefficient (Wildman–Crippen LogP) is 3.56. The van der Waals surface area contributed by atoms with Crippen LogP contribution in [0.5, 0.6) is 0 Å². The molecular formula is C11H10BrNO2S2. The van der Waals surface area contributed by atoms with Crippen molar-refractivity contribution in [3.05, 3.63) is 42.7 Å². The fourth-order valence-electron chi connectivity index (χ4n) is 1.34. The van der Waals surface area contributed by atoms with Crippen LogP contribution in [-0.2, 0) is 13.1 Å². The maximum atomic E-state index is 10.7. The van der Waals surface area contributed by atoms with Crippen molar-refractivity contribution >= 4 is 44.6 Å². The Labute approximate surface area is 115 Å². The van der Waals surface area contributed by atoms with Crippen molar-refractivity contribution in [1.29, 1.82) is 0 Å². The average molecular weight is 332 g/mol. The molecule has 0 aromatic carbocycles. The summed E-state index contributed by atoms with van der Waals surface area (Å²) in [4.78, 5) is 13.4. The van der Waals surface area contributed by atoms with Crippen LogP contribution in [0, 0.1) is 0 Å². The molecule has 2 heterocycles. The van der Waals surface area contributed by atoms with Gasteiger partial charge in [-0.05, 0) is 34.1 Å². The van der Waals surface area contributed by atoms with Crippen molar-refractivity contribution in [2.24, 2.45) is 0 Å². The lowest BCUT2D eigenvalue weighted by molar-refractivity contribution is 0.0702. The molecule has 0 saturated carbocycles. The summed E-state index contributed by atoms with van der Waals surface area (Å²) in [5, 5.41) is 14.1. The minimum atomic E-state index is -0.858. The molecule has 0 spiro atoms. The predicted molar refractivity (Wildman–Crippen MR) is 73.8 cm³/mol. The summed E-state index contributed by atoms with van der Waals surface area (Å²) in [5.41, 5.74) is 0. The first-order valence-corrected chi connectivity index (χ1v) is 7.39. The van der Waals surface area contributed by atoms with Gasteiger partial charge in [0.2, 0.25) is 0 Å². The monoisotopic (exact) mass is 331 g/mol. The van der Waals surface area contributed by atoms with Crippen LogP contribution in [0.2, 0.25) is 0 Å². The summed E-state index contributed by atoms with van der Waals surface area (Å²) < 4.78 is 1.10. The van der Waals surface area contributed by atoms with Gasteiger partial charge in [-0.2, -0.15) is 0 Å². The zero-order valence-corrected chi connectivity index (χ0v) is 12.0. The minimum Gasteiger partial charge on any atom is -0.477 e. The summed E-state index contributed by atoms with van der Waals surface area (Å²) >= 11 is 6.42. The SMILES string of the molecule is O=C(O)c1ccc(CNCc2cc(Br)cs2)s1. The van der Waals surface area contributed by atoms with E-state index < -0.39 is 5.97 Å². The first-order valence-electron chi connectivity index (χ1n) is 4.91. The molecule has 0 atom stereocenters. The van der Waals surface area contributed by atoms with E-state index in [1.165, 1.54) is 16.2 Å². The molecule has 0 saturated heterocycles. The van der Waals surface area contributed by atoms with Gasteiger partial charge in [-0.3, -0.25) is 0 Å². The van der Waals surface area contributed by atoms with Crippen LogP contribution >= 0.6 is 38.6 Å². The molecule has 6 heteroatoms. The molecule has 2 aromatic rings. The molecule has 0 aliphatic carbocycles. The molecule has 3 nitrogen and oxygen atoms in total. The summed E-state index contributed by atoms with van der Waals surface area (Å²) in [6.45, 7) is 1.50. The third kappa shape index (κ3) is 3.64. The Morgan fingerprint density at radius 2 is 2.12 bits per heavy atom. The van der Waals surface area contributed by atoms with Crippen LogP contribution in [0.3, 0.4) is 0 Å². The van der Waals surface area contributed by atoms with E-state index in [1.54, 1.807) is 17.4 Å². The van der Waals surface area contributed by atoms with Crippen molar-refractivity contribution in [1.82, 2.24) is 5.32 Å². The molecule has 2 rings (SSSR count). The Hall–Kier alpha value is -0.690. The lowest BCUT2D eigenvalue weighted by atomic mass is 10.4. The summed E-state index contributed by atoms with van der Waals surface area (Å²) in [7, 11) is 0. The quantitative estimate of drug-likeness (QED) is 0.880. The highest BCUT2D eigenvalue weighted by Gasteiger charge is 2.06. The molecular weight excluding hydrogens is 322 g/mol. The van der Waals surface area contributed by atoms with E-state index in [1.807, 2.05) is 11.4 Å². The molecule has 0 fully saturated rings. The van der Waals surface area contributed by atoms with Gasteiger partial charge in [0.1, 0.15) is 4.88 Å². The van der Waals surface area contributed by atoms with Crippen LogP contribution in [0.25, 0.3) is 0 Å². The lowest BCUT2D eigenvalue weighted by Crippen LogP contribution is -2.10. The number of carbonyl (C=O) groups is 1. The van der Waals surface area contributed by atoms with Gasteiger partial charge in [0.15, 0.2) is 0 Å². The van der Waals surface area contributed by atoms with E-state index in [0.717, 1.165) is 15.9 Å². The van der Waals surface area contributed by atoms with Gasteiger partial charge < -0.3 is 10.4 Å². The number of aromatic carboxylic acids is 1. The number of hydrogen-bond acceptors (Lipinski definition) is 4. The normalized spacial score (nSPS) is 10.6. The highest BCUT2D eigenvalue weighted by Crippen LogP contribution is 2.20. The molecule has 0 aliphatic heterocycles. The Kier molecular flexibility index (Phi) is 4.33. The molecule has 0 amide bonds. The van der Waals surface area contributed by atoms with Gasteiger partial charge in [-0.1, -0.05) is 0 Å². The van der Waals surface area contributed by atoms with Gasteiger partial charge in [-0.15, -0.1) is 22.7 Å². The van der Waals surface area contributed by atoms with E-state index in [0.29, 0.717) is 11.4 Å². The number of thiophene rings is 2. The topological polar surface area (TPSA) is 49.3 Å². The molecule has 0 unspecified atom stereocenters. The number of halogens is 1. The molecule has 2 N–H and O–H groups in total. The highest BCUT2D eigenvalue weighted by molar-refractivity contribution is 9.10. The van der Waals surface area contributed by atoms with Gasteiger partial charge >= 0.3 is 5.97 Å². The van der Waals surface area contributed by atoms with Crippen molar-refractivity contribution in [2.75, 3.05) is 0 Å². The fraction of sp³-hybridized carbons (Fsp3) is 0.182. The molecule has 2 aromatic heterocycles. The third-order valence-electron chi connectivity index (χ3n) is 2.09. The van der Waals surface area contributed by atoms with Crippen LogP contribution in [0.15, 0.2) is 28.1 Å². The van der Waals surface area contributed by atoms with Crippen molar-refractivity contribution in [3.63, 3.8) is 0 Å². The first kappa shape index (κ1) is 12.8. The van der Waals surface area contributed by atoms with Crippen LogP contribution in [0.1, 0.15) is 19.4 Å². The van der Waals surface area contributed by atoms with Crippen molar-refractivity contribution < 1.29 is 9.90 Å². The Morgan fingerprint density at radius 3 is 2.71 bits per heavy atom. The standard InChI is InChI=1S/C11H10BrNO2S2/c12-7-3-9(16-6-7)5-13-4-8-1-2-10(17-8)11(14)15/h1-3,6,13H,4-5H2,(H,14,15). The summed E-state index contributed by atoms with van der Waals surface area (Å²) in [6.07, 6.45) is 0. The Morgan fingerprint density at radius 1 is 1.35 bits per heavy atom. The van der Waals surface area contributed by atoms with E-state index >= 15 is 0 Å². The molecule has 90 valence electrons. The zero-order valence-electron chi connectivity index (χ0n) is 8.77. The average Bonchev–Trinajstić information content (AvgIpc) is 2.88. The Balaban J connectivity index is 1.83. The second-order valence-electron chi connectivity index (χ2n) is 3.41. The minimum absolute atomic E-state index is 0.390. The Bertz CT molecular complexity index is 521. The van der Waals surface area contributed by atoms with Gasteiger partial charge in [0.05, 0.1) is 0 Å². The molecule has 0 radical (unpaired) electrons. The lowest BCUT2D eigenvalue weighted by Gasteiger charge is -1.99. The van der Waals surface area contributed by atoms with Crippen molar-refractivity contribution in [2.45, 2.75) is 13.1 Å². The largest absolute Gasteiger partial charge is 0.477 e. The van der Waals surface area contributed by atoms with Crippen LogP contribution < -0.4 is 5.32 Å². The van der Waals surface area contributed by atoms with Gasteiger partial charge in [-0.25, -0.2) is 4.79 Å². The molecule has 0 aliphatic rings. The van der Waals surface area contributed by atoms with Crippen LogP contribution in [-0.4, -0.2) is 11.1 Å². The number of nitrogens with one attached hydrogen (secondary N) is 1. The number of hydrogen-bond donors (Lipinski definition) is 2. The zero-order chi connectivity index (χ0) is 12.3. The summed E-state index contributed by atoms with van der Waals surface area (Å²) in [5.74, 6) is -0.858.